The number of benzene rings is 1. The quantitative estimate of drug-likeness (QED) is 0.831. The van der Waals surface area contributed by atoms with Crippen molar-refractivity contribution >= 4 is 0 Å². The number of rotatable bonds is 2. The summed E-state index contributed by atoms with van der Waals surface area (Å²) >= 11 is 0. The maximum absolute atomic E-state index is 6.19. The van der Waals surface area contributed by atoms with Gasteiger partial charge in [0, 0.05) is 0 Å². The number of fused-ring (bicyclic) bond motifs is 3. The van der Waals surface area contributed by atoms with Crippen LogP contribution in [0.25, 0.3) is 0 Å². The van der Waals surface area contributed by atoms with Gasteiger partial charge in [-0.25, -0.2) is 0 Å². The Bertz CT molecular complexity index is 533. The molecule has 3 atom stereocenters. The van der Waals surface area contributed by atoms with E-state index in [-0.39, 0.29) is 0 Å². The molecule has 2 N–H and O–H groups in total. The van der Waals surface area contributed by atoms with Crippen LogP contribution in [-0.2, 0) is 11.8 Å². The Hall–Kier alpha value is -0.820. The van der Waals surface area contributed by atoms with E-state index in [2.05, 4.69) is 45.9 Å². The van der Waals surface area contributed by atoms with Crippen LogP contribution in [0, 0.1) is 11.3 Å². The van der Waals surface area contributed by atoms with Crippen molar-refractivity contribution in [2.75, 3.05) is 6.54 Å². The molecular formula is C20H31N. The van der Waals surface area contributed by atoms with Crippen LogP contribution in [0.2, 0.25) is 0 Å². The van der Waals surface area contributed by atoms with Gasteiger partial charge in [-0.3, -0.25) is 0 Å². The minimum atomic E-state index is 0.335. The summed E-state index contributed by atoms with van der Waals surface area (Å²) in [7, 11) is 0. The SMILES string of the molecule is CC(C)c1ccc2c(c1)CCC1[C@@](C)(CN)CCC[C@]21C. The van der Waals surface area contributed by atoms with E-state index in [0.29, 0.717) is 16.7 Å². The van der Waals surface area contributed by atoms with Crippen LogP contribution in [0.1, 0.15) is 76.0 Å². The molecule has 0 aromatic heterocycles. The van der Waals surface area contributed by atoms with Gasteiger partial charge in [0.2, 0.25) is 0 Å². The Morgan fingerprint density at radius 1 is 1.24 bits per heavy atom. The van der Waals surface area contributed by atoms with E-state index >= 15 is 0 Å². The summed E-state index contributed by atoms with van der Waals surface area (Å²) in [5, 5.41) is 0. The Kier molecular flexibility index (Phi) is 3.68. The summed E-state index contributed by atoms with van der Waals surface area (Å²) in [6.45, 7) is 10.4. The molecule has 1 fully saturated rings. The van der Waals surface area contributed by atoms with E-state index in [1.54, 1.807) is 11.1 Å². The predicted octanol–water partition coefficient (Wildman–Crippen LogP) is 4.78. The van der Waals surface area contributed by atoms with Crippen LogP contribution in [-0.4, -0.2) is 6.54 Å². The summed E-state index contributed by atoms with van der Waals surface area (Å²) in [6, 6.07) is 7.29. The average Bonchev–Trinajstić information content (AvgIpc) is 2.46. The monoisotopic (exact) mass is 285 g/mol. The Labute approximate surface area is 130 Å². The lowest BCUT2D eigenvalue weighted by atomic mass is 9.50. The third-order valence-electron chi connectivity index (χ3n) is 6.63. The van der Waals surface area contributed by atoms with Gasteiger partial charge in [0.05, 0.1) is 0 Å². The first-order valence-corrected chi connectivity index (χ1v) is 8.74. The van der Waals surface area contributed by atoms with Gasteiger partial charge in [-0.2, -0.15) is 0 Å². The second kappa shape index (κ2) is 5.12. The molecule has 116 valence electrons. The highest BCUT2D eigenvalue weighted by Crippen LogP contribution is 2.56. The van der Waals surface area contributed by atoms with Crippen LogP contribution in [0.5, 0.6) is 0 Å². The average molecular weight is 285 g/mol. The first-order valence-electron chi connectivity index (χ1n) is 8.74. The molecule has 0 spiro atoms. The largest absolute Gasteiger partial charge is 0.330 e. The minimum absolute atomic E-state index is 0.335. The zero-order valence-corrected chi connectivity index (χ0v) is 14.2. The standard InChI is InChI=1S/C20H31N/c1-14(2)15-6-8-17-16(12-15)7-9-18-19(3,13-21)10-5-11-20(17,18)4/h6,8,12,14,18H,5,7,9-11,13,21H2,1-4H3/t18?,19-,20-/m1/s1. The van der Waals surface area contributed by atoms with Crippen molar-refractivity contribution < 1.29 is 0 Å². The van der Waals surface area contributed by atoms with Gasteiger partial charge < -0.3 is 5.73 Å². The van der Waals surface area contributed by atoms with E-state index in [9.17, 15) is 0 Å². The van der Waals surface area contributed by atoms with Gasteiger partial charge in [-0.1, -0.05) is 52.3 Å². The Balaban J connectivity index is 2.05. The van der Waals surface area contributed by atoms with Crippen molar-refractivity contribution in [3.05, 3.63) is 34.9 Å². The highest BCUT2D eigenvalue weighted by Gasteiger charge is 2.50. The molecule has 0 saturated heterocycles. The Morgan fingerprint density at radius 3 is 2.67 bits per heavy atom. The number of hydrogen-bond acceptors (Lipinski definition) is 1. The van der Waals surface area contributed by atoms with Gasteiger partial charge in [0.1, 0.15) is 0 Å². The lowest BCUT2D eigenvalue weighted by molar-refractivity contribution is 0.0326. The van der Waals surface area contributed by atoms with Crippen LogP contribution >= 0.6 is 0 Å². The maximum Gasteiger partial charge on any atom is -0.00202 e. The second-order valence-corrected chi connectivity index (χ2v) is 8.29. The summed E-state index contributed by atoms with van der Waals surface area (Å²) in [5.41, 5.74) is 11.6. The zero-order valence-electron chi connectivity index (χ0n) is 14.2. The van der Waals surface area contributed by atoms with Crippen molar-refractivity contribution in [1.82, 2.24) is 0 Å². The van der Waals surface area contributed by atoms with Gasteiger partial charge >= 0.3 is 0 Å². The highest BCUT2D eigenvalue weighted by atomic mass is 14.7. The van der Waals surface area contributed by atoms with Crippen molar-refractivity contribution in [2.45, 2.75) is 71.1 Å². The first kappa shape index (κ1) is 15.1. The number of nitrogens with two attached hydrogens (primary N) is 1. The van der Waals surface area contributed by atoms with E-state index in [1.807, 2.05) is 0 Å². The van der Waals surface area contributed by atoms with Crippen molar-refractivity contribution in [3.63, 3.8) is 0 Å². The van der Waals surface area contributed by atoms with E-state index < -0.39 is 0 Å². The molecule has 0 bridgehead atoms. The number of aryl methyl sites for hydroxylation is 1. The van der Waals surface area contributed by atoms with Gasteiger partial charge in [-0.15, -0.1) is 0 Å². The lowest BCUT2D eigenvalue weighted by Gasteiger charge is -2.55. The molecule has 3 rings (SSSR count). The van der Waals surface area contributed by atoms with Crippen LogP contribution in [0.15, 0.2) is 18.2 Å². The zero-order chi connectivity index (χ0) is 15.3. The molecule has 2 aliphatic rings. The maximum atomic E-state index is 6.19. The molecule has 0 radical (unpaired) electrons. The third kappa shape index (κ3) is 2.25. The molecule has 0 amide bonds. The predicted molar refractivity (Wildman–Crippen MR) is 90.7 cm³/mol. The van der Waals surface area contributed by atoms with Gasteiger partial charge in [-0.05, 0) is 71.6 Å². The van der Waals surface area contributed by atoms with E-state index in [0.717, 1.165) is 12.5 Å². The Morgan fingerprint density at radius 2 is 2.00 bits per heavy atom. The smallest absolute Gasteiger partial charge is 0.00202 e. The fraction of sp³-hybridized carbons (Fsp3) is 0.700. The fourth-order valence-corrected chi connectivity index (χ4v) is 5.25. The lowest BCUT2D eigenvalue weighted by Crippen LogP contribution is -2.51. The van der Waals surface area contributed by atoms with Gasteiger partial charge in [0.25, 0.3) is 0 Å². The molecule has 1 saturated carbocycles. The molecular weight excluding hydrogens is 254 g/mol. The molecule has 2 aliphatic carbocycles. The molecule has 0 heterocycles. The molecule has 1 unspecified atom stereocenters. The summed E-state index contributed by atoms with van der Waals surface area (Å²) in [4.78, 5) is 0. The van der Waals surface area contributed by atoms with Crippen LogP contribution in [0.3, 0.4) is 0 Å². The fourth-order valence-electron chi connectivity index (χ4n) is 5.25. The molecule has 21 heavy (non-hydrogen) atoms. The molecule has 0 aliphatic heterocycles. The normalized spacial score (nSPS) is 35.4. The molecule has 1 aromatic rings. The van der Waals surface area contributed by atoms with Crippen LogP contribution < -0.4 is 5.73 Å². The van der Waals surface area contributed by atoms with Crippen molar-refractivity contribution in [3.8, 4) is 0 Å². The molecule has 1 nitrogen and oxygen atoms in total. The second-order valence-electron chi connectivity index (χ2n) is 8.29. The number of hydrogen-bond donors (Lipinski definition) is 1. The topological polar surface area (TPSA) is 26.0 Å². The molecule has 1 aromatic carbocycles. The molecule has 1 heteroatoms. The first-order chi connectivity index (χ1) is 9.90. The van der Waals surface area contributed by atoms with Crippen LogP contribution in [0.4, 0.5) is 0 Å². The minimum Gasteiger partial charge on any atom is -0.330 e. The van der Waals surface area contributed by atoms with Crippen molar-refractivity contribution in [2.24, 2.45) is 17.1 Å². The van der Waals surface area contributed by atoms with E-state index in [1.165, 1.54) is 37.7 Å². The summed E-state index contributed by atoms with van der Waals surface area (Å²) in [5.74, 6) is 1.38. The third-order valence-corrected chi connectivity index (χ3v) is 6.63. The van der Waals surface area contributed by atoms with E-state index in [4.69, 9.17) is 5.73 Å². The van der Waals surface area contributed by atoms with Crippen molar-refractivity contribution in [1.29, 1.82) is 0 Å². The highest BCUT2D eigenvalue weighted by molar-refractivity contribution is 5.42. The summed E-state index contributed by atoms with van der Waals surface area (Å²) < 4.78 is 0. The van der Waals surface area contributed by atoms with Gasteiger partial charge in [0.15, 0.2) is 0 Å². The summed E-state index contributed by atoms with van der Waals surface area (Å²) in [6.07, 6.45) is 6.53.